The van der Waals surface area contributed by atoms with E-state index in [-0.39, 0.29) is 5.75 Å². The molecule has 0 aliphatic heterocycles. The van der Waals surface area contributed by atoms with Gasteiger partial charge in [-0.05, 0) is 24.6 Å². The number of phenols is 1. The Morgan fingerprint density at radius 3 is 2.59 bits per heavy atom. The van der Waals surface area contributed by atoms with Crippen LogP contribution in [0.3, 0.4) is 0 Å². The molecule has 86 valence electrons. The molecule has 0 aliphatic carbocycles. The third-order valence-corrected chi connectivity index (χ3v) is 2.52. The smallest absolute Gasteiger partial charge is 0.254 e. The van der Waals surface area contributed by atoms with Crippen LogP contribution in [-0.4, -0.2) is 14.9 Å². The summed E-state index contributed by atoms with van der Waals surface area (Å²) in [5.41, 5.74) is 7.51. The van der Waals surface area contributed by atoms with Crippen molar-refractivity contribution in [1.82, 2.24) is 9.78 Å². The molecule has 0 amide bonds. The van der Waals surface area contributed by atoms with E-state index in [1.807, 2.05) is 6.92 Å². The molecule has 1 aromatic heterocycles. The van der Waals surface area contributed by atoms with Gasteiger partial charge in [-0.25, -0.2) is 4.85 Å². The Labute approximate surface area is 98.9 Å². The molecular formula is C12H12N4O. The van der Waals surface area contributed by atoms with Gasteiger partial charge >= 0.3 is 0 Å². The van der Waals surface area contributed by atoms with E-state index in [4.69, 9.17) is 12.3 Å². The molecule has 0 saturated carbocycles. The van der Waals surface area contributed by atoms with Crippen molar-refractivity contribution in [1.29, 1.82) is 0 Å². The molecular weight excluding hydrogens is 216 g/mol. The van der Waals surface area contributed by atoms with Crippen LogP contribution in [0, 0.1) is 6.57 Å². The fourth-order valence-electron chi connectivity index (χ4n) is 1.63. The van der Waals surface area contributed by atoms with Crippen LogP contribution in [-0.2, 0) is 6.54 Å². The van der Waals surface area contributed by atoms with Crippen molar-refractivity contribution in [2.24, 2.45) is 0 Å². The lowest BCUT2D eigenvalue weighted by Gasteiger charge is -1.98. The molecule has 0 saturated heterocycles. The van der Waals surface area contributed by atoms with E-state index in [9.17, 15) is 5.11 Å². The van der Waals surface area contributed by atoms with Gasteiger partial charge < -0.3 is 10.8 Å². The number of nitrogens with two attached hydrogens (primary N) is 1. The van der Waals surface area contributed by atoms with E-state index in [0.717, 1.165) is 5.56 Å². The predicted molar refractivity (Wildman–Crippen MR) is 65.7 cm³/mol. The van der Waals surface area contributed by atoms with Gasteiger partial charge in [-0.1, -0.05) is 12.1 Å². The average Bonchev–Trinajstić information content (AvgIpc) is 2.66. The van der Waals surface area contributed by atoms with E-state index >= 15 is 0 Å². The summed E-state index contributed by atoms with van der Waals surface area (Å²) in [5.74, 6) is 0.562. The van der Waals surface area contributed by atoms with E-state index in [1.165, 1.54) is 0 Å². The number of aryl methyl sites for hydroxylation is 1. The number of anilines is 1. The highest BCUT2D eigenvalue weighted by molar-refractivity contribution is 5.83. The lowest BCUT2D eigenvalue weighted by molar-refractivity contribution is 0.475. The van der Waals surface area contributed by atoms with Crippen LogP contribution in [0.1, 0.15) is 6.92 Å². The Bertz CT molecular complexity index is 578. The molecule has 17 heavy (non-hydrogen) atoms. The third-order valence-electron chi connectivity index (χ3n) is 2.52. The van der Waals surface area contributed by atoms with Crippen LogP contribution >= 0.6 is 0 Å². The van der Waals surface area contributed by atoms with Crippen LogP contribution in [0.15, 0.2) is 24.3 Å². The third kappa shape index (κ3) is 1.81. The Hall–Kier alpha value is -2.48. The number of hydrogen-bond donors (Lipinski definition) is 2. The van der Waals surface area contributed by atoms with Crippen molar-refractivity contribution in [3.8, 4) is 17.0 Å². The molecule has 0 spiro atoms. The van der Waals surface area contributed by atoms with E-state index in [0.29, 0.717) is 23.7 Å². The summed E-state index contributed by atoms with van der Waals surface area (Å²) < 4.78 is 1.59. The standard InChI is InChI=1S/C12H12N4O/c1-3-16-12(13)11(14-2)10(15-16)8-4-6-9(17)7-5-8/h4-7,17H,3,13H2,1H3. The molecule has 2 aromatic rings. The first-order valence-electron chi connectivity index (χ1n) is 5.20. The van der Waals surface area contributed by atoms with Gasteiger partial charge in [-0.2, -0.15) is 5.10 Å². The molecule has 0 aliphatic rings. The van der Waals surface area contributed by atoms with Crippen LogP contribution in [0.25, 0.3) is 16.1 Å². The summed E-state index contributed by atoms with van der Waals surface area (Å²) >= 11 is 0. The van der Waals surface area contributed by atoms with Crippen molar-refractivity contribution >= 4 is 11.5 Å². The first-order valence-corrected chi connectivity index (χ1v) is 5.20. The summed E-state index contributed by atoms with van der Waals surface area (Å²) in [6.07, 6.45) is 0. The fraction of sp³-hybridized carbons (Fsp3) is 0.167. The molecule has 0 radical (unpaired) electrons. The zero-order valence-electron chi connectivity index (χ0n) is 9.38. The van der Waals surface area contributed by atoms with E-state index < -0.39 is 0 Å². The normalized spacial score (nSPS) is 10.1. The second kappa shape index (κ2) is 4.18. The second-order valence-corrected chi connectivity index (χ2v) is 3.56. The minimum Gasteiger partial charge on any atom is -0.508 e. The van der Waals surface area contributed by atoms with Crippen molar-refractivity contribution < 1.29 is 5.11 Å². The lowest BCUT2D eigenvalue weighted by Crippen LogP contribution is -2.01. The number of phenolic OH excluding ortho intramolecular Hbond substituents is 1. The minimum atomic E-state index is 0.181. The van der Waals surface area contributed by atoms with E-state index in [2.05, 4.69) is 9.94 Å². The number of aromatic hydroxyl groups is 1. The van der Waals surface area contributed by atoms with Crippen LogP contribution in [0.5, 0.6) is 5.75 Å². The predicted octanol–water partition coefficient (Wildman–Crippen LogP) is 2.41. The largest absolute Gasteiger partial charge is 0.508 e. The number of nitrogen functional groups attached to an aromatic ring is 1. The van der Waals surface area contributed by atoms with Crippen molar-refractivity contribution in [3.05, 3.63) is 35.7 Å². The monoisotopic (exact) mass is 228 g/mol. The maximum atomic E-state index is 9.23. The van der Waals surface area contributed by atoms with Gasteiger partial charge in [0.25, 0.3) is 5.69 Å². The molecule has 0 fully saturated rings. The maximum Gasteiger partial charge on any atom is 0.254 e. The van der Waals surface area contributed by atoms with Crippen molar-refractivity contribution in [2.45, 2.75) is 13.5 Å². The molecule has 5 nitrogen and oxygen atoms in total. The minimum absolute atomic E-state index is 0.181. The quantitative estimate of drug-likeness (QED) is 0.775. The SMILES string of the molecule is [C-]#[N+]c1c(-c2ccc(O)cc2)nn(CC)c1N. The summed E-state index contributed by atoms with van der Waals surface area (Å²) in [5, 5.41) is 13.5. The average molecular weight is 228 g/mol. The van der Waals surface area contributed by atoms with Crippen LogP contribution in [0.2, 0.25) is 0 Å². The van der Waals surface area contributed by atoms with Gasteiger partial charge in [0.15, 0.2) is 0 Å². The molecule has 1 aromatic carbocycles. The summed E-state index contributed by atoms with van der Waals surface area (Å²) in [4.78, 5) is 3.42. The topological polar surface area (TPSA) is 68.4 Å². The Kier molecular flexibility index (Phi) is 2.71. The van der Waals surface area contributed by atoms with Crippen LogP contribution in [0.4, 0.5) is 11.5 Å². The Morgan fingerprint density at radius 2 is 2.06 bits per heavy atom. The number of nitrogens with zero attached hydrogens (tertiary/aromatic N) is 3. The van der Waals surface area contributed by atoms with Gasteiger partial charge in [-0.15, -0.1) is 0 Å². The van der Waals surface area contributed by atoms with Crippen molar-refractivity contribution in [2.75, 3.05) is 5.73 Å². The van der Waals surface area contributed by atoms with Crippen molar-refractivity contribution in [3.63, 3.8) is 0 Å². The summed E-state index contributed by atoms with van der Waals surface area (Å²) in [7, 11) is 0. The van der Waals surface area contributed by atoms with Gasteiger partial charge in [0, 0.05) is 6.54 Å². The highest BCUT2D eigenvalue weighted by atomic mass is 16.3. The summed E-state index contributed by atoms with van der Waals surface area (Å²) in [6.45, 7) is 9.68. The molecule has 3 N–H and O–H groups in total. The number of benzene rings is 1. The molecule has 0 atom stereocenters. The van der Waals surface area contributed by atoms with Crippen LogP contribution < -0.4 is 5.73 Å². The van der Waals surface area contributed by atoms with Gasteiger partial charge in [0.1, 0.15) is 17.3 Å². The molecule has 1 heterocycles. The number of aromatic nitrogens is 2. The molecule has 2 rings (SSSR count). The Balaban J connectivity index is 2.59. The maximum absolute atomic E-state index is 9.23. The van der Waals surface area contributed by atoms with Gasteiger partial charge in [-0.3, -0.25) is 4.68 Å². The molecule has 5 heteroatoms. The fourth-order valence-corrected chi connectivity index (χ4v) is 1.63. The summed E-state index contributed by atoms with van der Waals surface area (Å²) in [6, 6.07) is 6.55. The number of hydrogen-bond acceptors (Lipinski definition) is 3. The molecule has 0 unspecified atom stereocenters. The molecule has 0 bridgehead atoms. The lowest BCUT2D eigenvalue weighted by atomic mass is 10.1. The van der Waals surface area contributed by atoms with Gasteiger partial charge in [0.05, 0.1) is 6.57 Å². The second-order valence-electron chi connectivity index (χ2n) is 3.56. The highest BCUT2D eigenvalue weighted by Crippen LogP contribution is 2.35. The number of rotatable bonds is 2. The van der Waals surface area contributed by atoms with Gasteiger partial charge in [0.2, 0.25) is 0 Å². The first kappa shape index (κ1) is 11.0. The first-order chi connectivity index (χ1) is 8.17. The van der Waals surface area contributed by atoms with E-state index in [1.54, 1.807) is 28.9 Å². The zero-order valence-corrected chi connectivity index (χ0v) is 9.38. The zero-order chi connectivity index (χ0) is 12.4. The Morgan fingerprint density at radius 1 is 1.41 bits per heavy atom. The highest BCUT2D eigenvalue weighted by Gasteiger charge is 2.16.